The Hall–Kier alpha value is -1.25. The Kier molecular flexibility index (Phi) is 3.56. The number of amides is 2. The van der Waals surface area contributed by atoms with Crippen LogP contribution in [0.5, 0.6) is 0 Å². The van der Waals surface area contributed by atoms with E-state index in [1.54, 1.807) is 0 Å². The van der Waals surface area contributed by atoms with Crippen molar-refractivity contribution in [2.75, 3.05) is 5.32 Å². The van der Waals surface area contributed by atoms with E-state index in [9.17, 15) is 13.2 Å². The number of carbonyl (C=O) groups is 1. The van der Waals surface area contributed by atoms with Crippen molar-refractivity contribution in [2.45, 2.75) is 4.90 Å². The number of carbonyl (C=O) groups excluding carboxylic acids is 1. The van der Waals surface area contributed by atoms with E-state index >= 15 is 0 Å². The average Bonchev–Trinajstić information content (AvgIpc) is 2.17. The number of nitrogens with two attached hydrogens (primary N) is 1. The number of rotatable bonds is 2. The molecule has 1 rings (SSSR count). The molecule has 0 spiro atoms. The molecule has 2 amide bonds. The predicted molar refractivity (Wildman–Crippen MR) is 59.0 cm³/mol. The zero-order chi connectivity index (χ0) is 11.5. The zero-order valence-corrected chi connectivity index (χ0v) is 9.18. The first kappa shape index (κ1) is 11.8. The second-order valence-corrected chi connectivity index (χ2v) is 4.42. The summed E-state index contributed by atoms with van der Waals surface area (Å²) in [5, 5.41) is 7.30. The van der Waals surface area contributed by atoms with Crippen LogP contribution >= 0.6 is 12.8 Å². The van der Waals surface area contributed by atoms with E-state index in [0.717, 1.165) is 0 Å². The average molecular weight is 247 g/mol. The number of anilines is 1. The van der Waals surface area contributed by atoms with Gasteiger partial charge in [0, 0.05) is 5.69 Å². The lowest BCUT2D eigenvalue weighted by Crippen LogP contribution is -2.20. The number of primary sulfonamides is 1. The van der Waals surface area contributed by atoms with Crippen LogP contribution in [0.2, 0.25) is 0 Å². The lowest BCUT2D eigenvalue weighted by Gasteiger charge is -2.04. The van der Waals surface area contributed by atoms with E-state index < -0.39 is 16.1 Å². The van der Waals surface area contributed by atoms with Crippen LogP contribution in [0.3, 0.4) is 0 Å². The van der Waals surface area contributed by atoms with Gasteiger partial charge in [-0.2, -0.15) is 0 Å². The van der Waals surface area contributed by atoms with Crippen molar-refractivity contribution in [3.05, 3.63) is 24.3 Å². The second-order valence-electron chi connectivity index (χ2n) is 2.64. The van der Waals surface area contributed by atoms with Gasteiger partial charge in [0.15, 0.2) is 0 Å². The van der Waals surface area contributed by atoms with Gasteiger partial charge in [-0.25, -0.2) is 18.4 Å². The van der Waals surface area contributed by atoms with Crippen molar-refractivity contribution < 1.29 is 13.2 Å². The number of urea groups is 1. The molecule has 0 radical (unpaired) electrons. The van der Waals surface area contributed by atoms with Crippen molar-refractivity contribution in [3.63, 3.8) is 0 Å². The highest BCUT2D eigenvalue weighted by Crippen LogP contribution is 2.12. The first-order valence-electron chi connectivity index (χ1n) is 3.77. The minimum atomic E-state index is -3.70. The minimum Gasteiger partial charge on any atom is -0.307 e. The van der Waals surface area contributed by atoms with Crippen LogP contribution in [0.4, 0.5) is 10.5 Å². The van der Waals surface area contributed by atoms with E-state index in [4.69, 9.17) is 5.14 Å². The maximum absolute atomic E-state index is 10.9. The molecule has 1 aromatic carbocycles. The topological polar surface area (TPSA) is 101 Å². The summed E-state index contributed by atoms with van der Waals surface area (Å²) in [6.07, 6.45) is 0. The Balaban J connectivity index is 2.86. The molecule has 0 aliphatic heterocycles. The van der Waals surface area contributed by atoms with E-state index in [1.807, 2.05) is 0 Å². The smallest absolute Gasteiger partial charge is 0.307 e. The molecule has 6 nitrogen and oxygen atoms in total. The summed E-state index contributed by atoms with van der Waals surface area (Å²) >= 11 is 3.53. The lowest BCUT2D eigenvalue weighted by atomic mass is 10.3. The van der Waals surface area contributed by atoms with Crippen molar-refractivity contribution in [3.8, 4) is 0 Å². The van der Waals surface area contributed by atoms with E-state index in [0.29, 0.717) is 5.69 Å². The SMILES string of the molecule is NS(=O)(=O)c1ccc(NC(=O)NS)cc1. The summed E-state index contributed by atoms with van der Waals surface area (Å²) < 4.78 is 23.8. The number of sulfonamides is 1. The van der Waals surface area contributed by atoms with Gasteiger partial charge in [0.05, 0.1) is 4.90 Å². The van der Waals surface area contributed by atoms with Crippen molar-refractivity contribution in [2.24, 2.45) is 5.14 Å². The molecule has 4 N–H and O–H groups in total. The van der Waals surface area contributed by atoms with Crippen LogP contribution < -0.4 is 15.2 Å². The molecule has 82 valence electrons. The fraction of sp³-hybridized carbons (Fsp3) is 0. The molecule has 0 aliphatic carbocycles. The number of thiol groups is 1. The van der Waals surface area contributed by atoms with Crippen LogP contribution in [0.25, 0.3) is 0 Å². The third kappa shape index (κ3) is 3.42. The first-order valence-corrected chi connectivity index (χ1v) is 5.77. The molecule has 8 heteroatoms. The van der Waals surface area contributed by atoms with Gasteiger partial charge in [-0.1, -0.05) is 12.8 Å². The highest BCUT2D eigenvalue weighted by atomic mass is 32.2. The first-order chi connectivity index (χ1) is 6.93. The molecule has 0 bridgehead atoms. The maximum Gasteiger partial charge on any atom is 0.329 e. The number of nitrogens with one attached hydrogen (secondary N) is 2. The molecule has 15 heavy (non-hydrogen) atoms. The summed E-state index contributed by atoms with van der Waals surface area (Å²) in [4.78, 5) is 10.8. The molecule has 1 aromatic rings. The van der Waals surface area contributed by atoms with Gasteiger partial charge in [-0.05, 0) is 24.3 Å². The third-order valence-corrected chi connectivity index (χ3v) is 2.67. The summed E-state index contributed by atoms with van der Waals surface area (Å²) in [6, 6.07) is 4.92. The van der Waals surface area contributed by atoms with Gasteiger partial charge >= 0.3 is 6.03 Å². The zero-order valence-electron chi connectivity index (χ0n) is 7.47. The summed E-state index contributed by atoms with van der Waals surface area (Å²) in [6.45, 7) is 0. The maximum atomic E-state index is 10.9. The van der Waals surface area contributed by atoms with Gasteiger partial charge in [0.1, 0.15) is 0 Å². The highest BCUT2D eigenvalue weighted by molar-refractivity contribution is 7.89. The van der Waals surface area contributed by atoms with Gasteiger partial charge in [-0.3, -0.25) is 4.72 Å². The van der Waals surface area contributed by atoms with Crippen LogP contribution in [0.15, 0.2) is 29.2 Å². The quantitative estimate of drug-likeness (QED) is 0.565. The Morgan fingerprint density at radius 1 is 1.27 bits per heavy atom. The van der Waals surface area contributed by atoms with Gasteiger partial charge in [0.25, 0.3) is 0 Å². The molecule has 0 saturated carbocycles. The normalized spacial score (nSPS) is 10.8. The van der Waals surface area contributed by atoms with Crippen molar-refractivity contribution in [1.82, 2.24) is 4.72 Å². The lowest BCUT2D eigenvalue weighted by molar-refractivity contribution is 0.257. The number of hydrogen-bond donors (Lipinski definition) is 4. The van der Waals surface area contributed by atoms with Crippen molar-refractivity contribution >= 4 is 34.6 Å². The summed E-state index contributed by atoms with van der Waals surface area (Å²) in [7, 11) is -3.70. The van der Waals surface area contributed by atoms with E-state index in [1.165, 1.54) is 24.3 Å². The minimum absolute atomic E-state index is 0.0145. The highest BCUT2D eigenvalue weighted by Gasteiger charge is 2.07. The molecular weight excluding hydrogens is 238 g/mol. The Labute approximate surface area is 92.4 Å². The fourth-order valence-corrected chi connectivity index (χ4v) is 1.46. The molecular formula is C7H9N3O3S2. The summed E-state index contributed by atoms with van der Waals surface area (Å²) in [5.74, 6) is 0. The second kappa shape index (κ2) is 4.51. The predicted octanol–water partition coefficient (Wildman–Crippen LogP) is 0.300. The molecule has 0 unspecified atom stereocenters. The van der Waals surface area contributed by atoms with E-state index in [-0.39, 0.29) is 4.90 Å². The molecule has 0 atom stereocenters. The fourth-order valence-electron chi connectivity index (χ4n) is 0.887. The van der Waals surface area contributed by atoms with Crippen LogP contribution in [-0.2, 0) is 10.0 Å². The van der Waals surface area contributed by atoms with Gasteiger partial charge in [0.2, 0.25) is 10.0 Å². The summed E-state index contributed by atoms with van der Waals surface area (Å²) in [5.41, 5.74) is 0.439. The molecule has 0 aliphatic rings. The third-order valence-electron chi connectivity index (χ3n) is 1.54. The van der Waals surface area contributed by atoms with Crippen LogP contribution in [-0.4, -0.2) is 14.4 Å². The van der Waals surface area contributed by atoms with E-state index in [2.05, 4.69) is 22.9 Å². The van der Waals surface area contributed by atoms with Crippen LogP contribution in [0, 0.1) is 0 Å². The number of hydrogen-bond acceptors (Lipinski definition) is 4. The molecule has 0 aromatic heterocycles. The van der Waals surface area contributed by atoms with Gasteiger partial charge in [-0.15, -0.1) is 0 Å². The Morgan fingerprint density at radius 2 is 1.80 bits per heavy atom. The largest absolute Gasteiger partial charge is 0.329 e. The monoisotopic (exact) mass is 247 g/mol. The number of benzene rings is 1. The Morgan fingerprint density at radius 3 is 2.20 bits per heavy atom. The van der Waals surface area contributed by atoms with Gasteiger partial charge < -0.3 is 5.32 Å². The van der Waals surface area contributed by atoms with Crippen LogP contribution in [0.1, 0.15) is 0 Å². The standard InChI is InChI=1S/C7H9N3O3S2/c8-15(12,13)6-3-1-5(2-4-6)9-7(11)10-14/h1-4,14H,(H2,8,12,13)(H2,9,10,11). The molecule has 0 saturated heterocycles. The Bertz CT molecular complexity index is 455. The molecule has 0 heterocycles. The van der Waals surface area contributed by atoms with Crippen molar-refractivity contribution in [1.29, 1.82) is 0 Å². The molecule has 0 fully saturated rings.